The summed E-state index contributed by atoms with van der Waals surface area (Å²) in [6.45, 7) is -0.794. The van der Waals surface area contributed by atoms with Crippen LogP contribution in [0.3, 0.4) is 0 Å². The maximum absolute atomic E-state index is 12.3. The van der Waals surface area contributed by atoms with Crippen LogP contribution in [0.5, 0.6) is 0 Å². The number of H-pyrrole nitrogens is 1. The number of aromatic nitrogens is 2. The summed E-state index contributed by atoms with van der Waals surface area (Å²) in [4.78, 5) is 54.3. The molecular formula is C15H24N6O6S2. The van der Waals surface area contributed by atoms with Gasteiger partial charge in [0.2, 0.25) is 17.7 Å². The van der Waals surface area contributed by atoms with Crippen LogP contribution in [-0.4, -0.2) is 86.2 Å². The number of nitrogens with two attached hydrogens (primary N) is 1. The standard InChI is InChI=1S/C15H24N6O6S2/c16-8(4-28)12(23)21-11(5-29)14(25)20-10(3-22)13(24)19-9(15(26)27)1-7-2-17-6-18-7/h2,6,8-11,22,28-29H,1,3-5,16H2,(H,17,18)(H,19,24)(H,20,25)(H,21,23)(H,26,27). The molecule has 0 aromatic carbocycles. The van der Waals surface area contributed by atoms with Gasteiger partial charge in [-0.3, -0.25) is 14.4 Å². The van der Waals surface area contributed by atoms with E-state index in [-0.39, 0.29) is 17.9 Å². The van der Waals surface area contributed by atoms with Crippen LogP contribution in [-0.2, 0) is 25.6 Å². The number of imidazole rings is 1. The highest BCUT2D eigenvalue weighted by Gasteiger charge is 2.29. The predicted molar refractivity (Wildman–Crippen MR) is 108 cm³/mol. The lowest BCUT2D eigenvalue weighted by molar-refractivity contribution is -0.142. The quantitative estimate of drug-likeness (QED) is 0.148. The van der Waals surface area contributed by atoms with Crippen LogP contribution in [0.25, 0.3) is 0 Å². The molecule has 0 aliphatic heterocycles. The van der Waals surface area contributed by atoms with E-state index >= 15 is 0 Å². The van der Waals surface area contributed by atoms with Gasteiger partial charge in [-0.2, -0.15) is 25.3 Å². The molecule has 162 valence electrons. The Kier molecular flexibility index (Phi) is 10.5. The molecule has 1 rings (SSSR count). The van der Waals surface area contributed by atoms with Gasteiger partial charge >= 0.3 is 5.97 Å². The van der Waals surface area contributed by atoms with Gasteiger partial charge in [-0.05, 0) is 0 Å². The number of nitrogens with one attached hydrogen (secondary N) is 4. The molecule has 0 radical (unpaired) electrons. The maximum atomic E-state index is 12.3. The van der Waals surface area contributed by atoms with Crippen molar-refractivity contribution < 1.29 is 29.4 Å². The first-order valence-electron chi connectivity index (χ1n) is 8.42. The predicted octanol–water partition coefficient (Wildman–Crippen LogP) is -3.33. The van der Waals surface area contributed by atoms with E-state index in [2.05, 4.69) is 51.2 Å². The summed E-state index contributed by atoms with van der Waals surface area (Å²) in [7, 11) is 0. The average Bonchev–Trinajstić information content (AvgIpc) is 3.21. The second-order valence-corrected chi connectivity index (χ2v) is 6.69. The number of carbonyl (C=O) groups excluding carboxylic acids is 3. The lowest BCUT2D eigenvalue weighted by atomic mass is 10.1. The average molecular weight is 449 g/mol. The number of aliphatic carboxylic acids is 1. The number of hydrogen-bond acceptors (Lipinski definition) is 9. The van der Waals surface area contributed by atoms with E-state index in [0.29, 0.717) is 5.69 Å². The topological polar surface area (TPSA) is 200 Å². The Labute approximate surface area is 177 Å². The fourth-order valence-corrected chi connectivity index (χ4v) is 2.53. The molecule has 0 aliphatic carbocycles. The SMILES string of the molecule is NC(CS)C(=O)NC(CS)C(=O)NC(CO)C(=O)NC(Cc1cnc[nH]1)C(=O)O. The number of rotatable bonds is 12. The van der Waals surface area contributed by atoms with Crippen molar-refractivity contribution in [3.8, 4) is 0 Å². The number of hydrogen-bond donors (Lipinski definition) is 9. The molecule has 1 aromatic heterocycles. The number of carbonyl (C=O) groups is 4. The van der Waals surface area contributed by atoms with Crippen molar-refractivity contribution in [1.29, 1.82) is 0 Å². The Morgan fingerprint density at radius 1 is 1.03 bits per heavy atom. The summed E-state index contributed by atoms with van der Waals surface area (Å²) in [5, 5.41) is 25.6. The molecule has 14 heteroatoms. The van der Waals surface area contributed by atoms with Crippen LogP contribution >= 0.6 is 25.3 Å². The van der Waals surface area contributed by atoms with Crippen LogP contribution < -0.4 is 21.7 Å². The van der Waals surface area contributed by atoms with Gasteiger partial charge in [0, 0.05) is 29.8 Å². The van der Waals surface area contributed by atoms with Gasteiger partial charge in [0.25, 0.3) is 0 Å². The maximum Gasteiger partial charge on any atom is 0.326 e. The Hall–Kier alpha value is -2.29. The second kappa shape index (κ2) is 12.3. The largest absolute Gasteiger partial charge is 0.480 e. The van der Waals surface area contributed by atoms with Gasteiger partial charge in [0.1, 0.15) is 18.1 Å². The second-order valence-electron chi connectivity index (χ2n) is 5.96. The summed E-state index contributed by atoms with van der Waals surface area (Å²) >= 11 is 7.87. The lowest BCUT2D eigenvalue weighted by Gasteiger charge is -2.23. The van der Waals surface area contributed by atoms with E-state index in [1.165, 1.54) is 12.5 Å². The molecule has 1 aromatic rings. The third-order valence-electron chi connectivity index (χ3n) is 3.76. The highest BCUT2D eigenvalue weighted by Crippen LogP contribution is 2.00. The number of nitrogens with zero attached hydrogens (tertiary/aromatic N) is 1. The summed E-state index contributed by atoms with van der Waals surface area (Å²) in [5.41, 5.74) is 5.99. The Morgan fingerprint density at radius 3 is 2.10 bits per heavy atom. The van der Waals surface area contributed by atoms with Gasteiger partial charge in [0.15, 0.2) is 0 Å². The van der Waals surface area contributed by atoms with Gasteiger partial charge in [-0.25, -0.2) is 9.78 Å². The zero-order valence-corrected chi connectivity index (χ0v) is 17.0. The van der Waals surface area contributed by atoms with E-state index < -0.39 is 54.5 Å². The van der Waals surface area contributed by atoms with E-state index in [1.54, 1.807) is 0 Å². The number of carboxylic acids is 1. The first kappa shape index (κ1) is 24.7. The third kappa shape index (κ3) is 7.92. The summed E-state index contributed by atoms with van der Waals surface area (Å²) < 4.78 is 0. The normalized spacial score (nSPS) is 14.9. The molecule has 29 heavy (non-hydrogen) atoms. The first-order valence-corrected chi connectivity index (χ1v) is 9.69. The molecular weight excluding hydrogens is 424 g/mol. The van der Waals surface area contributed by atoms with Crippen LogP contribution in [0.2, 0.25) is 0 Å². The molecule has 0 spiro atoms. The van der Waals surface area contributed by atoms with Crippen molar-refractivity contribution in [3.63, 3.8) is 0 Å². The van der Waals surface area contributed by atoms with Crippen LogP contribution in [0.4, 0.5) is 0 Å². The molecule has 0 saturated carbocycles. The molecule has 0 aliphatic rings. The van der Waals surface area contributed by atoms with Crippen LogP contribution in [0, 0.1) is 0 Å². The van der Waals surface area contributed by atoms with Gasteiger partial charge in [-0.15, -0.1) is 0 Å². The van der Waals surface area contributed by atoms with Crippen molar-refractivity contribution in [1.82, 2.24) is 25.9 Å². The van der Waals surface area contributed by atoms with E-state index in [1.807, 2.05) is 0 Å². The van der Waals surface area contributed by atoms with E-state index in [4.69, 9.17) is 5.73 Å². The number of aromatic amines is 1. The summed E-state index contributed by atoms with van der Waals surface area (Å²) in [5.74, 6) is -3.70. The minimum absolute atomic E-state index is 0.0569. The molecule has 12 nitrogen and oxygen atoms in total. The van der Waals surface area contributed by atoms with Gasteiger partial charge < -0.3 is 36.9 Å². The molecule has 1 heterocycles. The highest BCUT2D eigenvalue weighted by molar-refractivity contribution is 7.80. The number of amides is 3. The smallest absolute Gasteiger partial charge is 0.326 e. The van der Waals surface area contributed by atoms with Crippen LogP contribution in [0.1, 0.15) is 5.69 Å². The Bertz CT molecular complexity index is 703. The molecule has 3 amide bonds. The third-order valence-corrected chi connectivity index (χ3v) is 4.52. The number of aliphatic hydroxyl groups excluding tert-OH is 1. The molecule has 0 fully saturated rings. The van der Waals surface area contributed by atoms with Gasteiger partial charge in [-0.1, -0.05) is 0 Å². The fraction of sp³-hybridized carbons (Fsp3) is 0.533. The minimum Gasteiger partial charge on any atom is -0.480 e. The number of thiol groups is 2. The molecule has 8 N–H and O–H groups in total. The van der Waals surface area contributed by atoms with E-state index in [9.17, 15) is 29.4 Å². The lowest BCUT2D eigenvalue weighted by Crippen LogP contribution is -2.58. The van der Waals surface area contributed by atoms with Gasteiger partial charge in [0.05, 0.1) is 19.0 Å². The first-order chi connectivity index (χ1) is 13.7. The van der Waals surface area contributed by atoms with E-state index in [0.717, 1.165) is 0 Å². The monoisotopic (exact) mass is 448 g/mol. The molecule has 4 atom stereocenters. The molecule has 0 saturated heterocycles. The Morgan fingerprint density at radius 2 is 1.62 bits per heavy atom. The summed E-state index contributed by atoms with van der Waals surface area (Å²) in [6.07, 6.45) is 2.69. The zero-order chi connectivity index (χ0) is 22.0. The Balaban J connectivity index is 2.73. The number of carboxylic acid groups (broad SMARTS) is 1. The number of aliphatic hydroxyl groups is 1. The van der Waals surface area contributed by atoms with Crippen molar-refractivity contribution in [3.05, 3.63) is 18.2 Å². The van der Waals surface area contributed by atoms with Crippen LogP contribution in [0.15, 0.2) is 12.5 Å². The zero-order valence-electron chi connectivity index (χ0n) is 15.2. The van der Waals surface area contributed by atoms with Crippen molar-refractivity contribution >= 4 is 48.9 Å². The summed E-state index contributed by atoms with van der Waals surface area (Å²) in [6, 6.07) is -4.82. The molecule has 0 bridgehead atoms. The van der Waals surface area contributed by atoms with Crippen molar-refractivity contribution in [2.24, 2.45) is 5.73 Å². The highest BCUT2D eigenvalue weighted by atomic mass is 32.1. The fourth-order valence-electron chi connectivity index (χ4n) is 2.11. The molecule has 4 unspecified atom stereocenters. The van der Waals surface area contributed by atoms with Crippen molar-refractivity contribution in [2.45, 2.75) is 30.6 Å². The van der Waals surface area contributed by atoms with Crippen molar-refractivity contribution in [2.75, 3.05) is 18.1 Å². The minimum atomic E-state index is -1.44.